The van der Waals surface area contributed by atoms with Gasteiger partial charge >= 0.3 is 35.8 Å². The van der Waals surface area contributed by atoms with E-state index in [2.05, 4.69) is 33.0 Å². The molecule has 15 aliphatic rings. The molecule has 12 aliphatic heterocycles. The van der Waals surface area contributed by atoms with Gasteiger partial charge in [0.05, 0.1) is 38.5 Å². The fourth-order valence-electron chi connectivity index (χ4n) is 17.7. The fraction of sp³-hybridized carbons (Fsp3) is 0.889. The Labute approximate surface area is 518 Å². The summed E-state index contributed by atoms with van der Waals surface area (Å²) in [5.41, 5.74) is -5.23. The SMILES string of the molecule is C[C@H]1[C@H](OC(=O)CCC(=O)OCC(COC(=O)CCC(=O)O[C@@H]2O[C@@H]3O[C@]4(C)CC[C@H]5[C@H](C)CC[C@@H]([C@H]2C)[C@@]35OO4)(COC(=O)CCC(=O)O[C@@H]2O[C@@H]3O[C@]4(C)CC[C@H]5[C@H](C)CC[C@@](C)([C@H]2C)[C@@]35OO4)NC=O)O[C@@H]2O[C@]3(C)CC[C@H]4[C@H](C)CC[C@@H]1[C@@]24OO3. The summed E-state index contributed by atoms with van der Waals surface area (Å²) in [6, 6.07) is 0. The van der Waals surface area contributed by atoms with Crippen LogP contribution in [0.1, 0.15) is 185 Å². The molecule has 15 fully saturated rings. The molecule has 0 unspecified atom stereocenters. The van der Waals surface area contributed by atoms with E-state index in [4.69, 9.17) is 86.2 Å². The van der Waals surface area contributed by atoms with Crippen LogP contribution in [0.3, 0.4) is 0 Å². The molecule has 0 aromatic heterocycles. The van der Waals surface area contributed by atoms with Crippen LogP contribution in [-0.2, 0) is 120 Å². The maximum atomic E-state index is 13.6. The van der Waals surface area contributed by atoms with Gasteiger partial charge in [-0.15, -0.1) is 0 Å². The summed E-state index contributed by atoms with van der Waals surface area (Å²) in [7, 11) is 0. The lowest BCUT2D eigenvalue weighted by Gasteiger charge is -2.65. The number of hydrogen-bond acceptors (Lipinski definition) is 25. The number of fused-ring (bicyclic) bond motifs is 6. The van der Waals surface area contributed by atoms with Gasteiger partial charge in [0.1, 0.15) is 25.4 Å². The molecule has 12 saturated heterocycles. The van der Waals surface area contributed by atoms with Crippen molar-refractivity contribution in [1.29, 1.82) is 0 Å². The number of carbonyl (C=O) groups excluding carboxylic acids is 7. The molecule has 26 heteroatoms. The van der Waals surface area contributed by atoms with E-state index < -0.39 is 177 Å². The van der Waals surface area contributed by atoms with Crippen molar-refractivity contribution in [2.45, 2.75) is 262 Å². The molecule has 15 rings (SSSR count). The topological polar surface area (TPSA) is 298 Å². The maximum absolute atomic E-state index is 13.6. The van der Waals surface area contributed by atoms with Crippen LogP contribution in [0.15, 0.2) is 0 Å². The van der Waals surface area contributed by atoms with Crippen LogP contribution in [0, 0.1) is 70.5 Å². The summed E-state index contributed by atoms with van der Waals surface area (Å²) in [6.45, 7) is 17.6. The number of hydrogen-bond donors (Lipinski definition) is 1. The molecule has 1 amide bonds. The van der Waals surface area contributed by atoms with Crippen molar-refractivity contribution >= 4 is 42.2 Å². The predicted molar refractivity (Wildman–Crippen MR) is 296 cm³/mol. The first-order valence-corrected chi connectivity index (χ1v) is 32.6. The van der Waals surface area contributed by atoms with Crippen molar-refractivity contribution in [2.75, 3.05) is 19.8 Å². The first-order chi connectivity index (χ1) is 42.2. The van der Waals surface area contributed by atoms with Gasteiger partial charge in [-0.3, -0.25) is 33.6 Å². The van der Waals surface area contributed by atoms with Gasteiger partial charge in [-0.2, -0.15) is 0 Å². The van der Waals surface area contributed by atoms with Crippen molar-refractivity contribution in [3.63, 3.8) is 0 Å². The van der Waals surface area contributed by atoms with E-state index in [-0.39, 0.29) is 53.8 Å². The van der Waals surface area contributed by atoms with Gasteiger partial charge in [-0.1, -0.05) is 48.5 Å². The average Bonchev–Trinajstić information content (AvgIpc) is 1.70. The van der Waals surface area contributed by atoms with Crippen LogP contribution in [0.5, 0.6) is 0 Å². The van der Waals surface area contributed by atoms with Gasteiger partial charge < -0.3 is 62.2 Å². The second-order valence-electron chi connectivity index (χ2n) is 29.0. The van der Waals surface area contributed by atoms with Crippen LogP contribution in [0.4, 0.5) is 0 Å². The number of rotatable bonds is 20. The smallest absolute Gasteiger partial charge is 0.308 e. The lowest BCUT2D eigenvalue weighted by Crippen LogP contribution is -2.74. The molecule has 26 nitrogen and oxygen atoms in total. The zero-order valence-corrected chi connectivity index (χ0v) is 52.9. The van der Waals surface area contributed by atoms with Crippen LogP contribution in [0.2, 0.25) is 0 Å². The summed E-state index contributed by atoms with van der Waals surface area (Å²) in [5.74, 6) is -8.30. The number of esters is 6. The molecule has 24 atom stereocenters. The van der Waals surface area contributed by atoms with Crippen LogP contribution in [0.25, 0.3) is 0 Å². The van der Waals surface area contributed by atoms with Gasteiger partial charge in [0, 0.05) is 54.3 Å². The highest BCUT2D eigenvalue weighted by molar-refractivity contribution is 5.79. The second-order valence-corrected chi connectivity index (χ2v) is 29.0. The molecule has 498 valence electrons. The highest BCUT2D eigenvalue weighted by atomic mass is 17.3. The van der Waals surface area contributed by atoms with E-state index in [0.29, 0.717) is 37.0 Å². The highest BCUT2D eigenvalue weighted by Gasteiger charge is 2.76. The molecule has 3 saturated carbocycles. The number of carbonyl (C=O) groups is 7. The van der Waals surface area contributed by atoms with Gasteiger partial charge in [-0.25, -0.2) is 29.3 Å². The van der Waals surface area contributed by atoms with Crippen molar-refractivity contribution < 1.29 is 120 Å². The Morgan fingerprint density at radius 2 is 0.820 bits per heavy atom. The molecule has 3 aliphatic carbocycles. The summed E-state index contributed by atoms with van der Waals surface area (Å²) in [4.78, 5) is 130. The molecule has 6 bridgehead atoms. The van der Waals surface area contributed by atoms with E-state index in [1.807, 2.05) is 20.8 Å². The summed E-state index contributed by atoms with van der Waals surface area (Å²) >= 11 is 0. The Morgan fingerprint density at radius 3 is 1.27 bits per heavy atom. The van der Waals surface area contributed by atoms with Gasteiger partial charge in [0.15, 0.2) is 35.7 Å². The lowest BCUT2D eigenvalue weighted by atomic mass is 9.50. The summed E-state index contributed by atoms with van der Waals surface area (Å²) < 4.78 is 73.0. The quantitative estimate of drug-likeness (QED) is 0.0551. The molecule has 1 N–H and O–H groups in total. The zero-order valence-electron chi connectivity index (χ0n) is 52.9. The number of ether oxygens (including phenoxy) is 12. The molecule has 0 aromatic carbocycles. The lowest BCUT2D eigenvalue weighted by molar-refractivity contribution is -0.586. The van der Waals surface area contributed by atoms with Crippen molar-refractivity contribution in [3.05, 3.63) is 0 Å². The number of amides is 1. The first-order valence-electron chi connectivity index (χ1n) is 32.6. The zero-order chi connectivity index (χ0) is 63.3. The highest BCUT2D eigenvalue weighted by Crippen LogP contribution is 2.67. The molecule has 0 aromatic rings. The van der Waals surface area contributed by atoms with E-state index in [0.717, 1.165) is 57.8 Å². The van der Waals surface area contributed by atoms with E-state index in [9.17, 15) is 33.6 Å². The normalized spacial score (nSPS) is 46.9. The second kappa shape index (κ2) is 24.3. The Morgan fingerprint density at radius 1 is 0.438 bits per heavy atom. The van der Waals surface area contributed by atoms with Gasteiger partial charge in [-0.05, 0) is 114 Å². The minimum absolute atomic E-state index is 0.0598. The Hall–Kier alpha value is -4.19. The maximum Gasteiger partial charge on any atom is 0.308 e. The minimum Gasteiger partial charge on any atom is -0.463 e. The largest absolute Gasteiger partial charge is 0.463 e. The molecular weight excluding hydrogens is 1170 g/mol. The Balaban J connectivity index is 0.667. The van der Waals surface area contributed by atoms with Crippen LogP contribution in [-0.4, -0.2) is 139 Å². The van der Waals surface area contributed by atoms with Crippen molar-refractivity contribution in [2.24, 2.45) is 70.5 Å². The van der Waals surface area contributed by atoms with Gasteiger partial charge in [0.25, 0.3) is 0 Å². The standard InChI is InChI=1S/C63H91NO25/c1-33-11-13-42-36(4)50(78-53-61(42)39(33)22-26-57(8,81-53)84-87-61)75-47(69)18-15-44(66)72-29-60(64-32-65,30-73-45(67)16-19-48(70)76-51-37(5)43-14-12-34(2)40-23-27-58(9)82-54(79-51)62(40,43)88-85-58)31-74-46(68)17-20-49(71)77-52-38(6)56(7)25-21-35(3)41-24-28-59(10)83-55(80-52)63(41,56)89-86-59/h32-43,50-55H,11-31H2,1-10H3,(H,64,65)/t33-,34-,35-,36-,37-,38+,39+,40+,41+,42+,43+,50-,51-,52-,53-,54-,55-,56+,57+,58+,59+,61-,62-,63+/m1/s1. The Kier molecular flexibility index (Phi) is 17.7. The van der Waals surface area contributed by atoms with Crippen molar-refractivity contribution in [1.82, 2.24) is 5.32 Å². The van der Waals surface area contributed by atoms with Crippen molar-refractivity contribution in [3.8, 4) is 0 Å². The van der Waals surface area contributed by atoms with Crippen LogP contribution >= 0.6 is 0 Å². The Bertz CT molecular complexity index is 2610. The molecule has 89 heavy (non-hydrogen) atoms. The molecule has 12 heterocycles. The summed E-state index contributed by atoms with van der Waals surface area (Å²) in [5, 5.41) is 2.49. The molecule has 3 spiro atoms. The molecular formula is C63H91NO25. The number of nitrogens with one attached hydrogen (secondary N) is 1. The van der Waals surface area contributed by atoms with Gasteiger partial charge in [0.2, 0.25) is 42.6 Å². The minimum atomic E-state index is -1.93. The third-order valence-corrected chi connectivity index (χ3v) is 23.3. The van der Waals surface area contributed by atoms with E-state index in [1.165, 1.54) is 0 Å². The third kappa shape index (κ3) is 11.4. The monoisotopic (exact) mass is 1260 g/mol. The summed E-state index contributed by atoms with van der Waals surface area (Å²) in [6.07, 6.45) is 0.971. The molecule has 0 radical (unpaired) electrons. The first kappa shape index (κ1) is 64.9. The average molecular weight is 1260 g/mol. The van der Waals surface area contributed by atoms with E-state index >= 15 is 0 Å². The predicted octanol–water partition coefficient (Wildman–Crippen LogP) is 7.09. The van der Waals surface area contributed by atoms with Crippen LogP contribution < -0.4 is 5.32 Å². The fourth-order valence-corrected chi connectivity index (χ4v) is 17.7. The third-order valence-electron chi connectivity index (χ3n) is 23.3. The van der Waals surface area contributed by atoms with E-state index in [1.54, 1.807) is 20.8 Å².